The van der Waals surface area contributed by atoms with Crippen molar-refractivity contribution < 1.29 is 47.3 Å². The molecule has 16 heavy (non-hydrogen) atoms. The smallest absolute Gasteiger partial charge is 0.461 e. The van der Waals surface area contributed by atoms with Gasteiger partial charge in [0.1, 0.15) is 6.61 Å². The minimum Gasteiger partial charge on any atom is -0.461 e. The predicted octanol–water partition coefficient (Wildman–Crippen LogP) is -1.25. The zero-order valence-corrected chi connectivity index (χ0v) is 9.54. The van der Waals surface area contributed by atoms with Gasteiger partial charge in [0.05, 0.1) is 6.61 Å². The van der Waals surface area contributed by atoms with Crippen LogP contribution in [0.4, 0.5) is 0 Å². The van der Waals surface area contributed by atoms with E-state index in [0.29, 0.717) is 0 Å². The largest absolute Gasteiger partial charge is 0.470 e. The Balaban J connectivity index is 3.60. The lowest BCUT2D eigenvalue weighted by Crippen LogP contribution is -2.14. The molecule has 0 heterocycles. The van der Waals surface area contributed by atoms with Gasteiger partial charge in [-0.1, -0.05) is 0 Å². The van der Waals surface area contributed by atoms with Gasteiger partial charge in [-0.3, -0.25) is 9.05 Å². The van der Waals surface area contributed by atoms with E-state index >= 15 is 0 Å². The average Bonchev–Trinajstić information content (AvgIpc) is 2.06. The molecular weight excluding hydrogens is 270 g/mol. The Morgan fingerprint density at radius 3 is 1.88 bits per heavy atom. The second-order valence-electron chi connectivity index (χ2n) is 2.31. The van der Waals surface area contributed by atoms with Gasteiger partial charge in [-0.25, -0.2) is 13.9 Å². The third-order valence-corrected chi connectivity index (χ3v) is 1.94. The van der Waals surface area contributed by atoms with Crippen LogP contribution in [-0.4, -0.2) is 45.4 Å². The van der Waals surface area contributed by atoms with Crippen molar-refractivity contribution in [1.82, 2.24) is 0 Å². The van der Waals surface area contributed by atoms with Gasteiger partial charge in [-0.2, -0.15) is 0 Å². The van der Waals surface area contributed by atoms with Crippen LogP contribution in [0.5, 0.6) is 0 Å². The summed E-state index contributed by atoms with van der Waals surface area (Å²) in [6.45, 7) is -2.00. The number of esters is 1. The maximum absolute atomic E-state index is 10.7. The van der Waals surface area contributed by atoms with Gasteiger partial charge in [0.2, 0.25) is 0 Å². The summed E-state index contributed by atoms with van der Waals surface area (Å²) in [5.41, 5.74) is 0. The number of carbonyl (C=O) groups is 1. The monoisotopic (exact) mass is 280 g/mol. The molecule has 0 fully saturated rings. The molecule has 0 aromatic rings. The van der Waals surface area contributed by atoms with Crippen LogP contribution in [0.25, 0.3) is 0 Å². The number of ether oxygens (including phenoxy) is 1. The summed E-state index contributed by atoms with van der Waals surface area (Å²) in [6, 6.07) is 0. The molecule has 0 aliphatic heterocycles. The standard InChI is InChI=1S/C4H10O10P2/c5-4(3-14-16(9,10)11)12-1-2-13-15(6,7)8/h1-3H2,(H2,6,7,8)(H2,9,10,11). The summed E-state index contributed by atoms with van der Waals surface area (Å²) in [7, 11) is -9.36. The molecule has 0 spiro atoms. The van der Waals surface area contributed by atoms with E-state index in [1.165, 1.54) is 0 Å². The van der Waals surface area contributed by atoms with E-state index in [1.807, 2.05) is 0 Å². The first-order valence-electron chi connectivity index (χ1n) is 3.66. The Labute approximate surface area is 89.6 Å². The molecule has 0 saturated carbocycles. The number of phosphoric acid groups is 2. The van der Waals surface area contributed by atoms with Gasteiger partial charge in [-0.15, -0.1) is 0 Å². The van der Waals surface area contributed by atoms with Gasteiger partial charge < -0.3 is 24.3 Å². The van der Waals surface area contributed by atoms with E-state index in [1.54, 1.807) is 0 Å². The fourth-order valence-corrected chi connectivity index (χ4v) is 1.08. The second-order valence-corrected chi connectivity index (χ2v) is 4.79. The van der Waals surface area contributed by atoms with Crippen LogP contribution in [0.3, 0.4) is 0 Å². The maximum Gasteiger partial charge on any atom is 0.470 e. The highest BCUT2D eigenvalue weighted by Gasteiger charge is 2.17. The summed E-state index contributed by atoms with van der Waals surface area (Å²) in [5.74, 6) is -1.10. The molecule has 12 heteroatoms. The highest BCUT2D eigenvalue weighted by Crippen LogP contribution is 2.36. The van der Waals surface area contributed by atoms with Gasteiger partial charge in [0.15, 0.2) is 6.61 Å². The van der Waals surface area contributed by atoms with Crippen LogP contribution in [-0.2, 0) is 27.7 Å². The molecule has 0 bridgehead atoms. The van der Waals surface area contributed by atoms with Crippen LogP contribution in [0.2, 0.25) is 0 Å². The lowest BCUT2D eigenvalue weighted by Gasteiger charge is -2.07. The molecule has 0 amide bonds. The third kappa shape index (κ3) is 11.8. The molecule has 0 atom stereocenters. The SMILES string of the molecule is O=C(COP(=O)(O)O)OCCOP(=O)(O)O. The Morgan fingerprint density at radius 1 is 0.938 bits per heavy atom. The van der Waals surface area contributed by atoms with Crippen molar-refractivity contribution in [2.75, 3.05) is 19.8 Å². The van der Waals surface area contributed by atoms with E-state index in [2.05, 4.69) is 13.8 Å². The van der Waals surface area contributed by atoms with E-state index in [9.17, 15) is 13.9 Å². The lowest BCUT2D eigenvalue weighted by molar-refractivity contribution is -0.147. The van der Waals surface area contributed by atoms with Crippen LogP contribution in [0, 0.1) is 0 Å². The molecule has 0 aliphatic rings. The fourth-order valence-electron chi connectivity index (χ4n) is 0.490. The molecule has 0 saturated heterocycles. The van der Waals surface area contributed by atoms with Gasteiger partial charge in [0, 0.05) is 0 Å². The second kappa shape index (κ2) is 6.43. The minimum absolute atomic E-state index is 0.478. The topological polar surface area (TPSA) is 160 Å². The third-order valence-electron chi connectivity index (χ3n) is 0.956. The van der Waals surface area contributed by atoms with Crippen molar-refractivity contribution in [3.63, 3.8) is 0 Å². The Hall–Kier alpha value is -0.310. The molecule has 0 unspecified atom stereocenters. The van der Waals surface area contributed by atoms with Crippen molar-refractivity contribution in [3.8, 4) is 0 Å². The molecule has 4 N–H and O–H groups in total. The molecule has 0 aromatic carbocycles. The van der Waals surface area contributed by atoms with Crippen molar-refractivity contribution in [2.45, 2.75) is 0 Å². The van der Waals surface area contributed by atoms with Crippen LogP contribution < -0.4 is 0 Å². The Bertz CT molecular complexity index is 313. The molecule has 0 rings (SSSR count). The highest BCUT2D eigenvalue weighted by atomic mass is 31.2. The van der Waals surface area contributed by atoms with Crippen LogP contribution in [0.1, 0.15) is 0 Å². The van der Waals surface area contributed by atoms with Gasteiger partial charge in [0.25, 0.3) is 0 Å². The first-order chi connectivity index (χ1) is 7.10. The van der Waals surface area contributed by atoms with E-state index < -0.39 is 41.4 Å². The van der Waals surface area contributed by atoms with E-state index in [-0.39, 0.29) is 0 Å². The highest BCUT2D eigenvalue weighted by molar-refractivity contribution is 7.46. The predicted molar refractivity (Wildman–Crippen MR) is 47.0 cm³/mol. The number of carbonyl (C=O) groups excluding carboxylic acids is 1. The van der Waals surface area contributed by atoms with Crippen molar-refractivity contribution >= 4 is 21.6 Å². The van der Waals surface area contributed by atoms with E-state index in [0.717, 1.165) is 0 Å². The maximum atomic E-state index is 10.7. The first-order valence-corrected chi connectivity index (χ1v) is 6.72. The molecule has 0 radical (unpaired) electrons. The van der Waals surface area contributed by atoms with Gasteiger partial charge in [-0.05, 0) is 0 Å². The summed E-state index contributed by atoms with van der Waals surface area (Å²) in [6.07, 6.45) is 0. The molecule has 0 aromatic heterocycles. The molecular formula is C4H10O10P2. The van der Waals surface area contributed by atoms with Crippen molar-refractivity contribution in [1.29, 1.82) is 0 Å². The lowest BCUT2D eigenvalue weighted by atomic mass is 10.7. The molecule has 10 nitrogen and oxygen atoms in total. The normalized spacial score (nSPS) is 12.5. The zero-order valence-electron chi connectivity index (χ0n) is 7.75. The van der Waals surface area contributed by atoms with E-state index in [4.69, 9.17) is 19.6 Å². The summed E-state index contributed by atoms with van der Waals surface area (Å²) >= 11 is 0. The quantitative estimate of drug-likeness (QED) is 0.252. The summed E-state index contributed by atoms with van der Waals surface area (Å²) in [5, 5.41) is 0. The first kappa shape index (κ1) is 15.7. The zero-order chi connectivity index (χ0) is 12.8. The van der Waals surface area contributed by atoms with Crippen LogP contribution >= 0.6 is 15.6 Å². The molecule has 96 valence electrons. The summed E-state index contributed by atoms with van der Waals surface area (Å²) < 4.78 is 32.2. The number of phosphoric ester groups is 2. The minimum atomic E-state index is -4.74. The number of hydrogen-bond donors (Lipinski definition) is 4. The Morgan fingerprint density at radius 2 is 1.44 bits per heavy atom. The van der Waals surface area contributed by atoms with Crippen molar-refractivity contribution in [3.05, 3.63) is 0 Å². The van der Waals surface area contributed by atoms with Crippen molar-refractivity contribution in [2.24, 2.45) is 0 Å². The van der Waals surface area contributed by atoms with Gasteiger partial charge >= 0.3 is 21.6 Å². The molecule has 0 aliphatic carbocycles. The summed E-state index contributed by atoms with van der Waals surface area (Å²) in [4.78, 5) is 43.5. The fraction of sp³-hybridized carbons (Fsp3) is 0.750. The number of rotatable bonds is 7. The van der Waals surface area contributed by atoms with Crippen LogP contribution in [0.15, 0.2) is 0 Å². The number of hydrogen-bond acceptors (Lipinski definition) is 6. The average molecular weight is 280 g/mol. The Kier molecular flexibility index (Phi) is 6.31.